The first-order valence-corrected chi connectivity index (χ1v) is 6.05. The number of aromatic carboxylic acids is 1. The molecule has 1 aromatic carbocycles. The minimum absolute atomic E-state index is 0.252. The minimum Gasteiger partial charge on any atom is -0.478 e. The van der Waals surface area contributed by atoms with E-state index in [-0.39, 0.29) is 5.56 Å². The van der Waals surface area contributed by atoms with Gasteiger partial charge in [-0.25, -0.2) is 14.3 Å². The molecule has 0 fully saturated rings. The fourth-order valence-corrected chi connectivity index (χ4v) is 1.97. The van der Waals surface area contributed by atoms with Gasteiger partial charge in [0.15, 0.2) is 5.82 Å². The van der Waals surface area contributed by atoms with E-state index in [1.165, 1.54) is 0 Å². The first-order valence-electron chi connectivity index (χ1n) is 6.05. The average Bonchev–Trinajstić information content (AvgIpc) is 2.81. The van der Waals surface area contributed by atoms with E-state index in [4.69, 9.17) is 5.11 Å². The Hall–Kier alpha value is -2.89. The van der Waals surface area contributed by atoms with Crippen LogP contribution in [-0.2, 0) is 0 Å². The lowest BCUT2D eigenvalue weighted by molar-refractivity contribution is 0.0697. The molecule has 0 aliphatic carbocycles. The second-order valence-electron chi connectivity index (χ2n) is 4.40. The van der Waals surface area contributed by atoms with Crippen LogP contribution in [0.25, 0.3) is 5.52 Å². The maximum Gasteiger partial charge on any atom is 0.335 e. The van der Waals surface area contributed by atoms with Crippen LogP contribution < -0.4 is 5.32 Å². The smallest absolute Gasteiger partial charge is 0.335 e. The summed E-state index contributed by atoms with van der Waals surface area (Å²) < 4.78 is 1.75. The quantitative estimate of drug-likeness (QED) is 0.762. The number of rotatable bonds is 3. The molecule has 20 heavy (non-hydrogen) atoms. The highest BCUT2D eigenvalue weighted by molar-refractivity contribution is 5.88. The third kappa shape index (κ3) is 2.18. The maximum atomic E-state index is 10.8. The van der Waals surface area contributed by atoms with E-state index in [1.54, 1.807) is 41.2 Å². The van der Waals surface area contributed by atoms with Crippen LogP contribution in [0.2, 0.25) is 0 Å². The number of anilines is 2. The molecule has 0 atom stereocenters. The van der Waals surface area contributed by atoms with Crippen LogP contribution in [0.1, 0.15) is 16.1 Å². The fraction of sp³-hybridized carbons (Fsp3) is 0.0714. The molecular weight excluding hydrogens is 256 g/mol. The summed E-state index contributed by atoms with van der Waals surface area (Å²) in [5, 5.41) is 16.3. The van der Waals surface area contributed by atoms with Gasteiger partial charge in [-0.2, -0.15) is 5.10 Å². The van der Waals surface area contributed by atoms with Gasteiger partial charge in [-0.15, -0.1) is 0 Å². The zero-order valence-corrected chi connectivity index (χ0v) is 10.7. The molecule has 3 aromatic rings. The number of fused-ring (bicyclic) bond motifs is 1. The second-order valence-corrected chi connectivity index (χ2v) is 4.40. The van der Waals surface area contributed by atoms with Gasteiger partial charge in [-0.1, -0.05) is 0 Å². The van der Waals surface area contributed by atoms with Gasteiger partial charge in [0.2, 0.25) is 0 Å². The Kier molecular flexibility index (Phi) is 2.83. The number of carboxylic acids is 1. The molecule has 0 unspecified atom stereocenters. The van der Waals surface area contributed by atoms with E-state index in [0.717, 1.165) is 16.9 Å². The molecule has 100 valence electrons. The standard InChI is InChI=1S/C14H12N4O2/c1-9-8-12-13(15-6-7-18(12)17-9)16-11-4-2-10(3-5-11)14(19)20/h2-8H,1H3,(H,15,16)(H,19,20). The molecule has 2 N–H and O–H groups in total. The van der Waals surface area contributed by atoms with Gasteiger partial charge >= 0.3 is 5.97 Å². The van der Waals surface area contributed by atoms with E-state index in [0.29, 0.717) is 5.82 Å². The summed E-state index contributed by atoms with van der Waals surface area (Å²) in [5.74, 6) is -0.264. The number of benzene rings is 1. The van der Waals surface area contributed by atoms with Crippen LogP contribution in [0.5, 0.6) is 0 Å². The van der Waals surface area contributed by atoms with Gasteiger partial charge in [0.05, 0.1) is 11.3 Å². The summed E-state index contributed by atoms with van der Waals surface area (Å²) in [6, 6.07) is 8.44. The molecule has 6 nitrogen and oxygen atoms in total. The molecule has 3 rings (SSSR count). The summed E-state index contributed by atoms with van der Waals surface area (Å²) >= 11 is 0. The first-order chi connectivity index (χ1) is 9.63. The predicted octanol–water partition coefficient (Wildman–Crippen LogP) is 2.48. The Labute approximate surface area is 114 Å². The molecule has 0 radical (unpaired) electrons. The maximum absolute atomic E-state index is 10.8. The van der Waals surface area contributed by atoms with Crippen molar-refractivity contribution in [1.29, 1.82) is 0 Å². The van der Waals surface area contributed by atoms with Gasteiger partial charge in [0, 0.05) is 18.1 Å². The number of nitrogens with one attached hydrogen (secondary N) is 1. The summed E-state index contributed by atoms with van der Waals surface area (Å²) in [6.07, 6.45) is 3.44. The highest BCUT2D eigenvalue weighted by Gasteiger charge is 2.06. The third-order valence-corrected chi connectivity index (χ3v) is 2.91. The van der Waals surface area contributed by atoms with E-state index < -0.39 is 5.97 Å². The highest BCUT2D eigenvalue weighted by atomic mass is 16.4. The average molecular weight is 268 g/mol. The topological polar surface area (TPSA) is 79.5 Å². The molecule has 2 aromatic heterocycles. The molecule has 0 aliphatic rings. The Balaban J connectivity index is 1.94. The van der Waals surface area contributed by atoms with Crippen molar-refractivity contribution in [2.24, 2.45) is 0 Å². The Morgan fingerprint density at radius 3 is 2.75 bits per heavy atom. The van der Waals surface area contributed by atoms with Crippen LogP contribution in [0.4, 0.5) is 11.5 Å². The molecule has 6 heteroatoms. The van der Waals surface area contributed by atoms with Gasteiger partial charge < -0.3 is 10.4 Å². The SMILES string of the molecule is Cc1cc2c(Nc3ccc(C(=O)O)cc3)nccn2n1. The van der Waals surface area contributed by atoms with Crippen molar-refractivity contribution >= 4 is 23.0 Å². The second kappa shape index (κ2) is 4.65. The minimum atomic E-state index is -0.941. The summed E-state index contributed by atoms with van der Waals surface area (Å²) in [4.78, 5) is 15.1. The van der Waals surface area contributed by atoms with Crippen molar-refractivity contribution in [3.05, 3.63) is 54.0 Å². The number of nitrogens with zero attached hydrogens (tertiary/aromatic N) is 3. The lowest BCUT2D eigenvalue weighted by Gasteiger charge is -2.07. The number of hydrogen-bond acceptors (Lipinski definition) is 4. The van der Waals surface area contributed by atoms with E-state index in [9.17, 15) is 4.79 Å². The van der Waals surface area contributed by atoms with Crippen LogP contribution in [0.3, 0.4) is 0 Å². The van der Waals surface area contributed by atoms with Crippen LogP contribution >= 0.6 is 0 Å². The van der Waals surface area contributed by atoms with E-state index in [2.05, 4.69) is 15.4 Å². The Morgan fingerprint density at radius 2 is 2.05 bits per heavy atom. The monoisotopic (exact) mass is 268 g/mol. The highest BCUT2D eigenvalue weighted by Crippen LogP contribution is 2.20. The molecule has 0 amide bonds. The van der Waals surface area contributed by atoms with Crippen molar-refractivity contribution in [1.82, 2.24) is 14.6 Å². The number of carboxylic acid groups (broad SMARTS) is 1. The number of aromatic nitrogens is 3. The van der Waals surface area contributed by atoms with Gasteiger partial charge in [-0.05, 0) is 37.3 Å². The van der Waals surface area contributed by atoms with Crippen molar-refractivity contribution in [2.75, 3.05) is 5.32 Å². The zero-order chi connectivity index (χ0) is 14.1. The van der Waals surface area contributed by atoms with Gasteiger partial charge in [0.25, 0.3) is 0 Å². The zero-order valence-electron chi connectivity index (χ0n) is 10.7. The first kappa shape index (κ1) is 12.2. The summed E-state index contributed by atoms with van der Waals surface area (Å²) in [5.41, 5.74) is 2.80. The van der Waals surface area contributed by atoms with Crippen LogP contribution in [0.15, 0.2) is 42.7 Å². The molecule has 0 saturated heterocycles. The summed E-state index contributed by atoms with van der Waals surface area (Å²) in [6.45, 7) is 1.92. The Bertz CT molecular complexity index is 777. The van der Waals surface area contributed by atoms with Gasteiger partial charge in [0.1, 0.15) is 5.52 Å². The molecule has 2 heterocycles. The number of hydrogen-bond donors (Lipinski definition) is 2. The normalized spacial score (nSPS) is 10.7. The van der Waals surface area contributed by atoms with Crippen molar-refractivity contribution in [2.45, 2.75) is 6.92 Å². The van der Waals surface area contributed by atoms with Crippen LogP contribution in [0, 0.1) is 6.92 Å². The lowest BCUT2D eigenvalue weighted by atomic mass is 10.2. The van der Waals surface area contributed by atoms with E-state index >= 15 is 0 Å². The van der Waals surface area contributed by atoms with Crippen molar-refractivity contribution in [3.63, 3.8) is 0 Å². The number of aryl methyl sites for hydroxylation is 1. The molecule has 0 spiro atoms. The largest absolute Gasteiger partial charge is 0.478 e. The molecule has 0 aliphatic heterocycles. The predicted molar refractivity (Wildman–Crippen MR) is 74.4 cm³/mol. The van der Waals surface area contributed by atoms with E-state index in [1.807, 2.05) is 13.0 Å². The van der Waals surface area contributed by atoms with Gasteiger partial charge in [-0.3, -0.25) is 0 Å². The third-order valence-electron chi connectivity index (χ3n) is 2.91. The fourth-order valence-electron chi connectivity index (χ4n) is 1.97. The van der Waals surface area contributed by atoms with Crippen LogP contribution in [-0.4, -0.2) is 25.7 Å². The Morgan fingerprint density at radius 1 is 1.30 bits per heavy atom. The number of carbonyl (C=O) groups is 1. The molecular formula is C14H12N4O2. The molecule has 0 bridgehead atoms. The van der Waals surface area contributed by atoms with Crippen molar-refractivity contribution < 1.29 is 9.90 Å². The molecule has 0 saturated carbocycles. The summed E-state index contributed by atoms with van der Waals surface area (Å²) in [7, 11) is 0. The van der Waals surface area contributed by atoms with Crippen molar-refractivity contribution in [3.8, 4) is 0 Å². The lowest BCUT2D eigenvalue weighted by Crippen LogP contribution is -1.99.